The number of ether oxygens (including phenoxy) is 1. The number of benzene rings is 1. The molecule has 0 saturated heterocycles. The zero-order valence-electron chi connectivity index (χ0n) is 10.3. The molecule has 2 rings (SSSR count). The Hall–Kier alpha value is -2.78. The molecule has 1 heterocycles. The van der Waals surface area contributed by atoms with Gasteiger partial charge in [0.2, 0.25) is 6.20 Å². The molecule has 0 unspecified atom stereocenters. The number of amides is 1. The number of para-hydroxylation sites is 2. The van der Waals surface area contributed by atoms with Crippen LogP contribution in [0.25, 0.3) is 0 Å². The van der Waals surface area contributed by atoms with Crippen LogP contribution in [0.5, 0.6) is 11.7 Å². The monoisotopic (exact) mass is 303 g/mol. The lowest BCUT2D eigenvalue weighted by molar-refractivity contribution is -0.750. The molecule has 1 N–H and O–H groups in total. The van der Waals surface area contributed by atoms with E-state index in [2.05, 4.69) is 19.8 Å². The number of anilines is 1. The van der Waals surface area contributed by atoms with E-state index in [-0.39, 0.29) is 5.69 Å². The van der Waals surface area contributed by atoms with E-state index >= 15 is 0 Å². The Morgan fingerprint density at radius 3 is 2.76 bits per heavy atom. The largest absolute Gasteiger partial charge is 0.573 e. The molecule has 1 amide bonds. The molecule has 0 aliphatic heterocycles. The molecule has 21 heavy (non-hydrogen) atoms. The van der Waals surface area contributed by atoms with E-state index in [1.165, 1.54) is 18.2 Å². The van der Waals surface area contributed by atoms with Crippen LogP contribution in [0.3, 0.4) is 0 Å². The Bertz CT molecular complexity index is 642. The quantitative estimate of drug-likeness (QED) is 0.834. The van der Waals surface area contributed by atoms with Crippen LogP contribution in [0.2, 0.25) is 0 Å². The highest BCUT2D eigenvalue weighted by atomic mass is 19.4. The average molecular weight is 303 g/mol. The molecule has 0 aliphatic rings. The summed E-state index contributed by atoms with van der Waals surface area (Å²) in [5, 5.41) is 16.2. The third-order valence-electron chi connectivity index (χ3n) is 2.18. The van der Waals surface area contributed by atoms with Crippen LogP contribution in [0.15, 0.2) is 35.0 Å². The highest BCUT2D eigenvalue weighted by Crippen LogP contribution is 2.29. The lowest BCUT2D eigenvalue weighted by Gasteiger charge is -2.12. The first kappa shape index (κ1) is 14.6. The van der Waals surface area contributed by atoms with Crippen LogP contribution < -0.4 is 19.8 Å². The van der Waals surface area contributed by atoms with Crippen molar-refractivity contribution < 1.29 is 37.0 Å². The minimum atomic E-state index is -4.88. The predicted molar refractivity (Wildman–Crippen MR) is 57.9 cm³/mol. The van der Waals surface area contributed by atoms with Gasteiger partial charge in [-0.05, 0) is 12.1 Å². The van der Waals surface area contributed by atoms with Gasteiger partial charge in [0.15, 0.2) is 5.75 Å². The highest BCUT2D eigenvalue weighted by Gasteiger charge is 2.32. The fourth-order valence-corrected chi connectivity index (χ4v) is 1.46. The number of halogens is 3. The van der Waals surface area contributed by atoms with Crippen molar-refractivity contribution in [2.24, 2.45) is 0 Å². The molecular formula is C11H8F3N3O4. The van der Waals surface area contributed by atoms with Crippen LogP contribution in [0.4, 0.5) is 18.9 Å². The molecular weight excluding hydrogens is 295 g/mol. The lowest BCUT2D eigenvalue weighted by Crippen LogP contribution is -2.41. The van der Waals surface area contributed by atoms with Crippen molar-refractivity contribution in [1.82, 2.24) is 5.27 Å². The van der Waals surface area contributed by atoms with E-state index in [4.69, 9.17) is 0 Å². The maximum Gasteiger partial charge on any atom is 0.573 e. The molecule has 0 fully saturated rings. The van der Waals surface area contributed by atoms with Gasteiger partial charge in [-0.3, -0.25) is 4.79 Å². The van der Waals surface area contributed by atoms with Crippen molar-refractivity contribution >= 4 is 11.6 Å². The maximum absolute atomic E-state index is 12.2. The van der Waals surface area contributed by atoms with Crippen molar-refractivity contribution in [3.63, 3.8) is 0 Å². The summed E-state index contributed by atoms with van der Waals surface area (Å²) in [5.41, 5.74) is -0.161. The second-order valence-corrected chi connectivity index (χ2v) is 3.81. The van der Waals surface area contributed by atoms with E-state index in [1.807, 2.05) is 0 Å². The molecule has 1 aromatic heterocycles. The van der Waals surface area contributed by atoms with Crippen molar-refractivity contribution in [1.29, 1.82) is 0 Å². The van der Waals surface area contributed by atoms with Gasteiger partial charge in [-0.1, -0.05) is 16.8 Å². The average Bonchev–Trinajstić information content (AvgIpc) is 2.75. The standard InChI is InChI=1S/C11H8F3N3O4/c12-11(13,14)20-8-4-2-1-3-7(8)15-9(18)5-17-6-10(19)21-16-17/h1-4,6H,5H2,(H-,15,16,18,19). The normalized spacial score (nSPS) is 11.2. The summed E-state index contributed by atoms with van der Waals surface area (Å²) in [5.74, 6) is -2.00. The summed E-state index contributed by atoms with van der Waals surface area (Å²) in [6.07, 6.45) is -3.95. The van der Waals surface area contributed by atoms with E-state index in [1.54, 1.807) is 0 Å². The number of alkyl halides is 3. The van der Waals surface area contributed by atoms with Crippen LogP contribution in [-0.4, -0.2) is 17.5 Å². The predicted octanol–water partition coefficient (Wildman–Crippen LogP) is 0.573. The number of carbonyl (C=O) groups excluding carboxylic acids is 1. The first-order chi connectivity index (χ1) is 9.83. The smallest absolute Gasteiger partial charge is 0.539 e. The van der Waals surface area contributed by atoms with Gasteiger partial charge < -0.3 is 19.7 Å². The first-order valence-corrected chi connectivity index (χ1v) is 5.51. The minimum Gasteiger partial charge on any atom is -0.539 e. The zero-order chi connectivity index (χ0) is 15.5. The fraction of sp³-hybridized carbons (Fsp3) is 0.182. The third kappa shape index (κ3) is 4.37. The number of hydrogen-bond acceptors (Lipinski definition) is 5. The van der Waals surface area contributed by atoms with Crippen LogP contribution in [-0.2, 0) is 11.3 Å². The van der Waals surface area contributed by atoms with Crippen LogP contribution in [0, 0.1) is 0 Å². The summed E-state index contributed by atoms with van der Waals surface area (Å²) in [4.78, 5) is 11.7. The van der Waals surface area contributed by atoms with E-state index in [0.717, 1.165) is 16.9 Å². The maximum atomic E-state index is 12.2. The van der Waals surface area contributed by atoms with Gasteiger partial charge in [-0.15, -0.1) is 13.2 Å². The second-order valence-electron chi connectivity index (χ2n) is 3.81. The first-order valence-electron chi connectivity index (χ1n) is 5.51. The molecule has 0 bridgehead atoms. The zero-order valence-corrected chi connectivity index (χ0v) is 10.3. The summed E-state index contributed by atoms with van der Waals surface area (Å²) in [7, 11) is 0. The summed E-state index contributed by atoms with van der Waals surface area (Å²) < 4.78 is 45.5. The third-order valence-corrected chi connectivity index (χ3v) is 2.18. The van der Waals surface area contributed by atoms with Gasteiger partial charge in [-0.2, -0.15) is 0 Å². The van der Waals surface area contributed by atoms with Crippen molar-refractivity contribution in [3.05, 3.63) is 30.5 Å². The molecule has 7 nitrogen and oxygen atoms in total. The Labute approximate surface area is 115 Å². The number of nitrogens with one attached hydrogen (secondary N) is 1. The van der Waals surface area contributed by atoms with Crippen molar-refractivity contribution in [3.8, 4) is 11.7 Å². The lowest BCUT2D eigenvalue weighted by atomic mass is 10.3. The minimum absolute atomic E-state index is 0.161. The van der Waals surface area contributed by atoms with Crippen LogP contribution >= 0.6 is 0 Å². The Morgan fingerprint density at radius 2 is 2.14 bits per heavy atom. The van der Waals surface area contributed by atoms with Gasteiger partial charge in [0.25, 0.3) is 12.5 Å². The Kier molecular flexibility index (Phi) is 3.96. The second kappa shape index (κ2) is 5.69. The topological polar surface area (TPSA) is 91.3 Å². The van der Waals surface area contributed by atoms with E-state index in [9.17, 15) is 23.1 Å². The SMILES string of the molecule is O=C(C[n+]1cc([O-])on1)Nc1ccccc1OC(F)(F)F. The summed E-state index contributed by atoms with van der Waals surface area (Å²) in [6, 6.07) is 5.05. The Morgan fingerprint density at radius 1 is 1.43 bits per heavy atom. The van der Waals surface area contributed by atoms with Crippen molar-refractivity contribution in [2.75, 3.05) is 5.32 Å². The number of nitrogens with zero attached hydrogens (tertiary/aromatic N) is 2. The molecule has 112 valence electrons. The fourth-order valence-electron chi connectivity index (χ4n) is 1.46. The van der Waals surface area contributed by atoms with Gasteiger partial charge in [0, 0.05) is 0 Å². The molecule has 0 radical (unpaired) electrons. The van der Waals surface area contributed by atoms with Crippen LogP contribution in [0.1, 0.15) is 0 Å². The molecule has 0 saturated carbocycles. The summed E-state index contributed by atoms with van der Waals surface area (Å²) >= 11 is 0. The van der Waals surface area contributed by atoms with Gasteiger partial charge in [0.05, 0.1) is 11.0 Å². The van der Waals surface area contributed by atoms with E-state index in [0.29, 0.717) is 0 Å². The Balaban J connectivity index is 2.07. The van der Waals surface area contributed by atoms with Gasteiger partial charge >= 0.3 is 6.36 Å². The molecule has 0 atom stereocenters. The number of hydrogen-bond donors (Lipinski definition) is 1. The molecule has 0 spiro atoms. The molecule has 10 heteroatoms. The van der Waals surface area contributed by atoms with Gasteiger partial charge in [0.1, 0.15) is 5.95 Å². The summed E-state index contributed by atoms with van der Waals surface area (Å²) in [6.45, 7) is -0.397. The molecule has 0 aliphatic carbocycles. The highest BCUT2D eigenvalue weighted by molar-refractivity contribution is 5.91. The van der Waals surface area contributed by atoms with E-state index < -0.39 is 30.5 Å². The number of rotatable bonds is 4. The number of carbonyl (C=O) groups is 1. The number of aromatic nitrogens is 2. The molecule has 2 aromatic rings. The molecule has 1 aromatic carbocycles. The van der Waals surface area contributed by atoms with Crippen molar-refractivity contribution in [2.45, 2.75) is 12.9 Å². The van der Waals surface area contributed by atoms with Gasteiger partial charge in [-0.25, -0.2) is 0 Å².